The molecule has 0 radical (unpaired) electrons. The molecule has 25 heavy (non-hydrogen) atoms. The summed E-state index contributed by atoms with van der Waals surface area (Å²) in [7, 11) is 1.45. The Balaban J connectivity index is 1.69. The maximum atomic E-state index is 11.8. The molecule has 1 aromatic carbocycles. The molecule has 1 saturated carbocycles. The van der Waals surface area contributed by atoms with Gasteiger partial charge in [-0.15, -0.1) is 0 Å². The van der Waals surface area contributed by atoms with Gasteiger partial charge < -0.3 is 14.5 Å². The van der Waals surface area contributed by atoms with E-state index >= 15 is 0 Å². The van der Waals surface area contributed by atoms with Crippen LogP contribution in [-0.4, -0.2) is 23.2 Å². The molecular formula is C20H24N2O3. The van der Waals surface area contributed by atoms with Gasteiger partial charge >= 0.3 is 0 Å². The van der Waals surface area contributed by atoms with Crippen molar-refractivity contribution in [3.05, 3.63) is 57.8 Å². The van der Waals surface area contributed by atoms with Crippen LogP contribution < -0.4 is 10.3 Å². The Bertz CT molecular complexity index is 777. The summed E-state index contributed by atoms with van der Waals surface area (Å²) in [5, 5.41) is 0. The van der Waals surface area contributed by atoms with Crippen molar-refractivity contribution in [1.82, 2.24) is 9.97 Å². The Kier molecular flexibility index (Phi) is 6.01. The van der Waals surface area contributed by atoms with Crippen LogP contribution in [0.4, 0.5) is 0 Å². The summed E-state index contributed by atoms with van der Waals surface area (Å²) >= 11 is 0. The second-order valence-electron chi connectivity index (χ2n) is 6.27. The van der Waals surface area contributed by atoms with Crippen molar-refractivity contribution in [3.8, 4) is 5.75 Å². The topological polar surface area (TPSA) is 64.2 Å². The summed E-state index contributed by atoms with van der Waals surface area (Å²) in [4.78, 5) is 18.6. The van der Waals surface area contributed by atoms with Gasteiger partial charge in [-0.2, -0.15) is 0 Å². The molecule has 3 rings (SSSR count). The molecule has 0 spiro atoms. The normalized spacial score (nSPS) is 15.6. The first-order valence-corrected chi connectivity index (χ1v) is 8.77. The van der Waals surface area contributed by atoms with Gasteiger partial charge in [0.05, 0.1) is 26.0 Å². The molecule has 1 aliphatic carbocycles. The van der Waals surface area contributed by atoms with Crippen LogP contribution in [0.2, 0.25) is 0 Å². The summed E-state index contributed by atoms with van der Waals surface area (Å²) in [6.45, 7) is 0.609. The molecule has 5 heteroatoms. The second-order valence-corrected chi connectivity index (χ2v) is 6.27. The van der Waals surface area contributed by atoms with E-state index in [4.69, 9.17) is 9.47 Å². The number of hydrogen-bond acceptors (Lipinski definition) is 4. The molecule has 2 aromatic rings. The Labute approximate surface area is 147 Å². The van der Waals surface area contributed by atoms with Crippen LogP contribution in [0.1, 0.15) is 49.1 Å². The molecule has 1 heterocycles. The van der Waals surface area contributed by atoms with Gasteiger partial charge in [-0.1, -0.05) is 49.6 Å². The van der Waals surface area contributed by atoms with Crippen molar-refractivity contribution in [1.29, 1.82) is 0 Å². The molecule has 132 valence electrons. The SMILES string of the molecule is COc1cnc(/C=C/c2ccccc2COC2CCCCC2)[nH]c1=O. The maximum Gasteiger partial charge on any atom is 0.293 e. The lowest BCUT2D eigenvalue weighted by atomic mass is 9.98. The Hall–Kier alpha value is -2.40. The molecule has 0 aliphatic heterocycles. The number of methoxy groups -OCH3 is 1. The highest BCUT2D eigenvalue weighted by Crippen LogP contribution is 2.22. The van der Waals surface area contributed by atoms with E-state index in [2.05, 4.69) is 16.0 Å². The van der Waals surface area contributed by atoms with E-state index in [0.29, 0.717) is 18.5 Å². The number of H-pyrrole nitrogens is 1. The molecule has 0 bridgehead atoms. The third-order valence-corrected chi connectivity index (χ3v) is 4.51. The fourth-order valence-electron chi connectivity index (χ4n) is 3.06. The quantitative estimate of drug-likeness (QED) is 0.869. The third kappa shape index (κ3) is 4.79. The lowest BCUT2D eigenvalue weighted by Crippen LogP contribution is -2.16. The van der Waals surface area contributed by atoms with Crippen molar-refractivity contribution in [2.24, 2.45) is 0 Å². The molecule has 1 aliphatic rings. The minimum atomic E-state index is -0.286. The van der Waals surface area contributed by atoms with E-state index in [-0.39, 0.29) is 11.3 Å². The largest absolute Gasteiger partial charge is 0.490 e. The van der Waals surface area contributed by atoms with E-state index in [1.54, 1.807) is 6.08 Å². The number of rotatable bonds is 6. The van der Waals surface area contributed by atoms with Crippen LogP contribution in [0.15, 0.2) is 35.3 Å². The number of ether oxygens (including phenoxy) is 2. The van der Waals surface area contributed by atoms with Gasteiger partial charge in [0.15, 0.2) is 0 Å². The average Bonchev–Trinajstić information content (AvgIpc) is 2.66. The van der Waals surface area contributed by atoms with Gasteiger partial charge in [0.1, 0.15) is 5.82 Å². The third-order valence-electron chi connectivity index (χ3n) is 4.51. The first-order chi connectivity index (χ1) is 12.3. The number of nitrogens with one attached hydrogen (secondary N) is 1. The predicted molar refractivity (Wildman–Crippen MR) is 98.4 cm³/mol. The first kappa shape index (κ1) is 17.4. The van der Waals surface area contributed by atoms with Gasteiger partial charge in [0, 0.05) is 0 Å². The zero-order valence-electron chi connectivity index (χ0n) is 14.5. The molecule has 0 unspecified atom stereocenters. The molecule has 5 nitrogen and oxygen atoms in total. The molecule has 0 atom stereocenters. The van der Waals surface area contributed by atoms with E-state index < -0.39 is 0 Å². The summed E-state index contributed by atoms with van der Waals surface area (Å²) in [6.07, 6.45) is 11.7. The van der Waals surface area contributed by atoms with E-state index in [1.165, 1.54) is 32.6 Å². The van der Waals surface area contributed by atoms with Crippen LogP contribution in [-0.2, 0) is 11.3 Å². The Morgan fingerprint density at radius 2 is 2.00 bits per heavy atom. The highest BCUT2D eigenvalue weighted by molar-refractivity contribution is 5.68. The van der Waals surface area contributed by atoms with Gasteiger partial charge in [-0.05, 0) is 30.0 Å². The standard InChI is InChI=1S/C20H24N2O3/c1-24-18-13-21-19(22-20(18)23)12-11-15-7-5-6-8-16(15)14-25-17-9-3-2-4-10-17/h5-8,11-13,17H,2-4,9-10,14H2,1H3,(H,21,22,23)/b12-11+. The zero-order valence-corrected chi connectivity index (χ0v) is 14.5. The number of hydrogen-bond donors (Lipinski definition) is 1. The maximum absolute atomic E-state index is 11.8. The number of benzene rings is 1. The Morgan fingerprint density at radius 3 is 2.76 bits per heavy atom. The van der Waals surface area contributed by atoms with Crippen LogP contribution in [0.5, 0.6) is 5.75 Å². The highest BCUT2D eigenvalue weighted by Gasteiger charge is 2.14. The summed E-state index contributed by atoms with van der Waals surface area (Å²) in [6, 6.07) is 8.13. The van der Waals surface area contributed by atoms with Gasteiger partial charge in [0.2, 0.25) is 5.75 Å². The zero-order chi connectivity index (χ0) is 17.5. The van der Waals surface area contributed by atoms with Crippen LogP contribution >= 0.6 is 0 Å². The summed E-state index contributed by atoms with van der Waals surface area (Å²) < 4.78 is 11.0. The fourth-order valence-corrected chi connectivity index (χ4v) is 3.06. The molecule has 0 amide bonds. The van der Waals surface area contributed by atoms with Crippen LogP contribution in [0.3, 0.4) is 0 Å². The van der Waals surface area contributed by atoms with Crippen LogP contribution in [0.25, 0.3) is 12.2 Å². The van der Waals surface area contributed by atoms with E-state index in [9.17, 15) is 4.79 Å². The molecule has 1 N–H and O–H groups in total. The average molecular weight is 340 g/mol. The van der Waals surface area contributed by atoms with Crippen molar-refractivity contribution in [3.63, 3.8) is 0 Å². The number of nitrogens with zero attached hydrogens (tertiary/aromatic N) is 1. The summed E-state index contributed by atoms with van der Waals surface area (Å²) in [5.41, 5.74) is 1.92. The molecule has 0 saturated heterocycles. The first-order valence-electron chi connectivity index (χ1n) is 8.77. The predicted octanol–water partition coefficient (Wildman–Crippen LogP) is 3.80. The Morgan fingerprint density at radius 1 is 1.20 bits per heavy atom. The second kappa shape index (κ2) is 8.62. The van der Waals surface area contributed by atoms with E-state index in [0.717, 1.165) is 24.0 Å². The van der Waals surface area contributed by atoms with Crippen molar-refractivity contribution in [2.45, 2.75) is 44.8 Å². The molecule has 1 aromatic heterocycles. The van der Waals surface area contributed by atoms with Crippen molar-refractivity contribution in [2.75, 3.05) is 7.11 Å². The molecule has 1 fully saturated rings. The van der Waals surface area contributed by atoms with Gasteiger partial charge in [-0.3, -0.25) is 4.79 Å². The minimum Gasteiger partial charge on any atom is -0.490 e. The number of aromatic amines is 1. The highest BCUT2D eigenvalue weighted by atomic mass is 16.5. The lowest BCUT2D eigenvalue weighted by Gasteiger charge is -2.22. The van der Waals surface area contributed by atoms with Crippen molar-refractivity contribution < 1.29 is 9.47 Å². The smallest absolute Gasteiger partial charge is 0.293 e. The van der Waals surface area contributed by atoms with Crippen LogP contribution in [0, 0.1) is 0 Å². The minimum absolute atomic E-state index is 0.207. The number of aromatic nitrogens is 2. The monoisotopic (exact) mass is 340 g/mol. The van der Waals surface area contributed by atoms with Gasteiger partial charge in [0.25, 0.3) is 5.56 Å². The lowest BCUT2D eigenvalue weighted by molar-refractivity contribution is 0.0168. The summed E-state index contributed by atoms with van der Waals surface area (Å²) in [5.74, 6) is 0.701. The fraction of sp³-hybridized carbons (Fsp3) is 0.400. The van der Waals surface area contributed by atoms with Gasteiger partial charge in [-0.25, -0.2) is 4.98 Å². The molecular weight excluding hydrogens is 316 g/mol. The van der Waals surface area contributed by atoms with Crippen molar-refractivity contribution >= 4 is 12.2 Å². The van der Waals surface area contributed by atoms with E-state index in [1.807, 2.05) is 24.3 Å².